The van der Waals surface area contributed by atoms with Crippen molar-refractivity contribution in [3.63, 3.8) is 0 Å². The highest BCUT2D eigenvalue weighted by Crippen LogP contribution is 2.29. The van der Waals surface area contributed by atoms with Crippen LogP contribution in [-0.4, -0.2) is 23.2 Å². The normalized spacial score (nSPS) is 10.4. The van der Waals surface area contributed by atoms with Gasteiger partial charge in [-0.1, -0.05) is 0 Å². The minimum atomic E-state index is 0.330. The van der Waals surface area contributed by atoms with E-state index in [0.717, 1.165) is 22.1 Å². The molecular formula is C14H15BrN2O3. The molecule has 1 heterocycles. The standard InChI is InChI=1S/C14H15BrN2O3/c1-9-14(15)11(17(2)16-9)8-20-13-6-10(7-18)4-5-12(13)19-3/h4-7H,8H2,1-3H3. The Morgan fingerprint density at radius 1 is 1.40 bits per heavy atom. The second-order valence-electron chi connectivity index (χ2n) is 4.29. The Morgan fingerprint density at radius 3 is 2.70 bits per heavy atom. The Bertz CT molecular complexity index is 638. The predicted octanol–water partition coefficient (Wildman–Crippen LogP) is 2.89. The zero-order chi connectivity index (χ0) is 14.7. The van der Waals surface area contributed by atoms with E-state index in [2.05, 4.69) is 21.0 Å². The molecule has 0 aliphatic carbocycles. The molecule has 1 aromatic heterocycles. The van der Waals surface area contributed by atoms with E-state index in [1.54, 1.807) is 30.0 Å². The molecule has 5 nitrogen and oxygen atoms in total. The quantitative estimate of drug-likeness (QED) is 0.786. The Kier molecular flexibility index (Phi) is 4.44. The van der Waals surface area contributed by atoms with Crippen LogP contribution in [0.15, 0.2) is 22.7 Å². The average Bonchev–Trinajstić information content (AvgIpc) is 2.70. The van der Waals surface area contributed by atoms with E-state index < -0.39 is 0 Å². The molecule has 0 fully saturated rings. The molecule has 0 saturated carbocycles. The van der Waals surface area contributed by atoms with Crippen LogP contribution < -0.4 is 9.47 Å². The second kappa shape index (κ2) is 6.09. The summed E-state index contributed by atoms with van der Waals surface area (Å²) in [4.78, 5) is 10.8. The van der Waals surface area contributed by atoms with E-state index >= 15 is 0 Å². The Hall–Kier alpha value is -1.82. The van der Waals surface area contributed by atoms with Crippen molar-refractivity contribution in [3.8, 4) is 11.5 Å². The third-order valence-electron chi connectivity index (χ3n) is 2.95. The van der Waals surface area contributed by atoms with Gasteiger partial charge in [0.05, 0.1) is 23.0 Å². The molecule has 2 rings (SSSR count). The van der Waals surface area contributed by atoms with Gasteiger partial charge in [-0.2, -0.15) is 5.10 Å². The molecule has 0 saturated heterocycles. The summed E-state index contributed by atoms with van der Waals surface area (Å²) in [5.74, 6) is 1.12. The number of carbonyl (C=O) groups is 1. The van der Waals surface area contributed by atoms with Gasteiger partial charge in [0.2, 0.25) is 0 Å². The second-order valence-corrected chi connectivity index (χ2v) is 5.08. The van der Waals surface area contributed by atoms with Crippen LogP contribution in [0.1, 0.15) is 21.7 Å². The number of methoxy groups -OCH3 is 1. The first kappa shape index (κ1) is 14.6. The van der Waals surface area contributed by atoms with Gasteiger partial charge in [-0.25, -0.2) is 0 Å². The summed E-state index contributed by atoms with van der Waals surface area (Å²) in [5, 5.41) is 4.30. The van der Waals surface area contributed by atoms with Crippen molar-refractivity contribution in [2.45, 2.75) is 13.5 Å². The minimum absolute atomic E-state index is 0.330. The number of ether oxygens (including phenoxy) is 2. The van der Waals surface area contributed by atoms with Gasteiger partial charge < -0.3 is 9.47 Å². The van der Waals surface area contributed by atoms with E-state index in [9.17, 15) is 4.79 Å². The third kappa shape index (κ3) is 2.85. The lowest BCUT2D eigenvalue weighted by Crippen LogP contribution is -2.04. The van der Waals surface area contributed by atoms with Crippen molar-refractivity contribution >= 4 is 22.2 Å². The zero-order valence-electron chi connectivity index (χ0n) is 11.5. The number of aromatic nitrogens is 2. The van der Waals surface area contributed by atoms with E-state index in [1.165, 1.54) is 0 Å². The molecule has 0 atom stereocenters. The SMILES string of the molecule is COc1ccc(C=O)cc1OCc1c(Br)c(C)nn1C. The highest BCUT2D eigenvalue weighted by molar-refractivity contribution is 9.10. The van der Waals surface area contributed by atoms with Crippen LogP contribution in [0.2, 0.25) is 0 Å². The molecule has 0 bridgehead atoms. The molecule has 0 unspecified atom stereocenters. The number of nitrogens with zero attached hydrogens (tertiary/aromatic N) is 2. The molecule has 0 amide bonds. The summed E-state index contributed by atoms with van der Waals surface area (Å²) in [6, 6.07) is 5.05. The van der Waals surface area contributed by atoms with Crippen molar-refractivity contribution in [1.29, 1.82) is 0 Å². The maximum absolute atomic E-state index is 10.8. The Morgan fingerprint density at radius 2 is 2.15 bits per heavy atom. The fourth-order valence-corrected chi connectivity index (χ4v) is 2.31. The highest BCUT2D eigenvalue weighted by Gasteiger charge is 2.13. The number of halogens is 1. The molecule has 0 N–H and O–H groups in total. The molecule has 1 aromatic carbocycles. The van der Waals surface area contributed by atoms with Gasteiger partial charge in [0, 0.05) is 12.6 Å². The van der Waals surface area contributed by atoms with Gasteiger partial charge in [0.1, 0.15) is 12.9 Å². The number of hydrogen-bond acceptors (Lipinski definition) is 4. The van der Waals surface area contributed by atoms with E-state index in [-0.39, 0.29) is 0 Å². The van der Waals surface area contributed by atoms with Crippen molar-refractivity contribution < 1.29 is 14.3 Å². The number of hydrogen-bond donors (Lipinski definition) is 0. The number of aryl methyl sites for hydroxylation is 2. The fourth-order valence-electron chi connectivity index (χ4n) is 1.86. The molecule has 0 aliphatic rings. The molecule has 20 heavy (non-hydrogen) atoms. The summed E-state index contributed by atoms with van der Waals surface area (Å²) in [5.41, 5.74) is 2.36. The monoisotopic (exact) mass is 338 g/mol. The number of benzene rings is 1. The fraction of sp³-hybridized carbons (Fsp3) is 0.286. The first-order valence-corrected chi connectivity index (χ1v) is 6.80. The lowest BCUT2D eigenvalue weighted by molar-refractivity contribution is 0.112. The van der Waals surface area contributed by atoms with Crippen LogP contribution in [0.4, 0.5) is 0 Å². The van der Waals surface area contributed by atoms with Gasteiger partial charge >= 0.3 is 0 Å². The lowest BCUT2D eigenvalue weighted by Gasteiger charge is -2.11. The molecule has 106 valence electrons. The molecule has 6 heteroatoms. The summed E-state index contributed by atoms with van der Waals surface area (Å²) in [6.07, 6.45) is 0.774. The smallest absolute Gasteiger partial charge is 0.162 e. The lowest BCUT2D eigenvalue weighted by atomic mass is 10.2. The number of rotatable bonds is 5. The topological polar surface area (TPSA) is 53.4 Å². The number of carbonyl (C=O) groups excluding carboxylic acids is 1. The average molecular weight is 339 g/mol. The first-order valence-electron chi connectivity index (χ1n) is 6.00. The summed E-state index contributed by atoms with van der Waals surface area (Å²) in [7, 11) is 3.42. The van der Waals surface area contributed by atoms with Gasteiger partial charge in [-0.3, -0.25) is 9.48 Å². The van der Waals surface area contributed by atoms with E-state index in [4.69, 9.17) is 9.47 Å². The summed E-state index contributed by atoms with van der Waals surface area (Å²) in [6.45, 7) is 2.25. The first-order chi connectivity index (χ1) is 9.56. The largest absolute Gasteiger partial charge is 0.493 e. The maximum atomic E-state index is 10.8. The minimum Gasteiger partial charge on any atom is -0.493 e. The van der Waals surface area contributed by atoms with Crippen LogP contribution in [0, 0.1) is 6.92 Å². The van der Waals surface area contributed by atoms with E-state index in [1.807, 2.05) is 14.0 Å². The van der Waals surface area contributed by atoms with Crippen molar-refractivity contribution in [2.24, 2.45) is 7.05 Å². The Labute approximate surface area is 125 Å². The maximum Gasteiger partial charge on any atom is 0.162 e. The summed E-state index contributed by atoms with van der Waals surface area (Å²) < 4.78 is 13.7. The van der Waals surface area contributed by atoms with Crippen molar-refractivity contribution in [3.05, 3.63) is 39.6 Å². The van der Waals surface area contributed by atoms with Crippen LogP contribution >= 0.6 is 15.9 Å². The van der Waals surface area contributed by atoms with Crippen LogP contribution in [0.3, 0.4) is 0 Å². The van der Waals surface area contributed by atoms with Gasteiger partial charge in [0.15, 0.2) is 11.5 Å². The molecule has 0 spiro atoms. The Balaban J connectivity index is 2.23. The van der Waals surface area contributed by atoms with E-state index in [0.29, 0.717) is 23.7 Å². The van der Waals surface area contributed by atoms with Gasteiger partial charge in [0.25, 0.3) is 0 Å². The van der Waals surface area contributed by atoms with Crippen LogP contribution in [0.5, 0.6) is 11.5 Å². The molecule has 0 radical (unpaired) electrons. The van der Waals surface area contributed by atoms with Crippen LogP contribution in [-0.2, 0) is 13.7 Å². The summed E-state index contributed by atoms with van der Waals surface area (Å²) >= 11 is 3.49. The van der Waals surface area contributed by atoms with Crippen molar-refractivity contribution in [2.75, 3.05) is 7.11 Å². The van der Waals surface area contributed by atoms with Crippen LogP contribution in [0.25, 0.3) is 0 Å². The highest BCUT2D eigenvalue weighted by atomic mass is 79.9. The van der Waals surface area contributed by atoms with Crippen molar-refractivity contribution in [1.82, 2.24) is 9.78 Å². The third-order valence-corrected chi connectivity index (χ3v) is 3.98. The van der Waals surface area contributed by atoms with Gasteiger partial charge in [-0.05, 0) is 41.1 Å². The molecule has 2 aromatic rings. The number of aldehydes is 1. The molecule has 0 aliphatic heterocycles. The van der Waals surface area contributed by atoms with Gasteiger partial charge in [-0.15, -0.1) is 0 Å². The molecular weight excluding hydrogens is 324 g/mol. The predicted molar refractivity (Wildman–Crippen MR) is 78.4 cm³/mol. The zero-order valence-corrected chi connectivity index (χ0v) is 13.1.